The van der Waals surface area contributed by atoms with Crippen molar-refractivity contribution in [3.63, 3.8) is 0 Å². The lowest BCUT2D eigenvalue weighted by Gasteiger charge is -2.32. The number of methoxy groups -OCH3 is 2. The zero-order valence-corrected chi connectivity index (χ0v) is 23.0. The molecule has 11 heteroatoms. The number of para-hydroxylation sites is 1. The summed E-state index contributed by atoms with van der Waals surface area (Å²) in [7, 11) is 2.99. The summed E-state index contributed by atoms with van der Waals surface area (Å²) in [5, 5.41) is 2.96. The smallest absolute Gasteiger partial charge is 0.273 e. The van der Waals surface area contributed by atoms with Crippen LogP contribution in [0, 0.1) is 6.92 Å². The van der Waals surface area contributed by atoms with Crippen LogP contribution in [0.3, 0.4) is 0 Å². The second kappa shape index (κ2) is 12.3. The number of nitrogens with zero attached hydrogens (tertiary/aromatic N) is 2. The van der Waals surface area contributed by atoms with Crippen LogP contribution in [0.4, 0.5) is 11.4 Å². The number of ether oxygens (including phenoxy) is 2. The lowest BCUT2D eigenvalue weighted by atomic mass is 10.0. The highest BCUT2D eigenvalue weighted by atomic mass is 32.1. The number of nitrogen functional groups attached to an aromatic ring is 1. The van der Waals surface area contributed by atoms with Crippen LogP contribution in [0.1, 0.15) is 42.9 Å². The first-order valence-electron chi connectivity index (χ1n) is 12.2. The van der Waals surface area contributed by atoms with E-state index in [9.17, 15) is 14.4 Å². The number of carbonyl (C=O) groups is 3. The Morgan fingerprint density at radius 1 is 0.975 bits per heavy atom. The van der Waals surface area contributed by atoms with Gasteiger partial charge in [0.2, 0.25) is 5.91 Å². The third-order valence-corrected chi connectivity index (χ3v) is 7.14. The van der Waals surface area contributed by atoms with Crippen LogP contribution in [0.5, 0.6) is 11.5 Å². The van der Waals surface area contributed by atoms with Crippen molar-refractivity contribution in [2.45, 2.75) is 19.5 Å². The van der Waals surface area contributed by atoms with Gasteiger partial charge in [-0.3, -0.25) is 19.3 Å². The fourth-order valence-corrected chi connectivity index (χ4v) is 5.00. The summed E-state index contributed by atoms with van der Waals surface area (Å²) in [5.74, 6) is -1.09. The first-order valence-corrected chi connectivity index (χ1v) is 13.0. The molecule has 40 heavy (non-hydrogen) atoms. The molecule has 0 radical (unpaired) electrons. The van der Waals surface area contributed by atoms with Crippen molar-refractivity contribution in [3.05, 3.63) is 100 Å². The minimum Gasteiger partial charge on any atom is -0.493 e. The molecule has 206 valence electrons. The molecule has 0 spiro atoms. The minimum atomic E-state index is -1.17. The van der Waals surface area contributed by atoms with E-state index in [1.807, 2.05) is 49.4 Å². The van der Waals surface area contributed by atoms with Gasteiger partial charge in [-0.05, 0) is 53.3 Å². The highest BCUT2D eigenvalue weighted by Gasteiger charge is 2.37. The lowest BCUT2D eigenvalue weighted by molar-refractivity contribution is -0.122. The molecule has 1 atom stereocenters. The average molecular weight is 560 g/mol. The number of aromatic nitrogens is 1. The number of nitrogens with two attached hydrogens (primary N) is 2. The zero-order valence-electron chi connectivity index (χ0n) is 22.2. The Hall–Kier alpha value is -4.90. The molecule has 4 rings (SSSR count). The summed E-state index contributed by atoms with van der Waals surface area (Å²) in [5.41, 5.74) is 13.8. The van der Waals surface area contributed by atoms with Crippen molar-refractivity contribution in [2.24, 2.45) is 5.73 Å². The van der Waals surface area contributed by atoms with Crippen LogP contribution in [0.25, 0.3) is 0 Å². The Morgan fingerprint density at radius 3 is 2.27 bits per heavy atom. The van der Waals surface area contributed by atoms with Crippen molar-refractivity contribution < 1.29 is 23.9 Å². The fraction of sp³-hybridized carbons (Fsp3) is 0.172. The Labute approximate surface area is 235 Å². The predicted molar refractivity (Wildman–Crippen MR) is 154 cm³/mol. The van der Waals surface area contributed by atoms with Gasteiger partial charge in [-0.25, -0.2) is 0 Å². The standard InChI is InChI=1S/C29H29N5O5S/c1-17-9-7-8-12-20(17)34(29(37)26-23(30)24(27(31)35)33-40-26)25(19-13-14-21(38-2)22(15-19)39-3)28(36)32-16-18-10-5-4-6-11-18/h4-15,25H,16,30H2,1-3H3,(H2,31,35)(H,32,36)/t25-/m0/s1. The molecule has 10 nitrogen and oxygen atoms in total. The van der Waals surface area contributed by atoms with Crippen LogP contribution >= 0.6 is 11.5 Å². The van der Waals surface area contributed by atoms with E-state index >= 15 is 0 Å². The topological polar surface area (TPSA) is 150 Å². The predicted octanol–water partition coefficient (Wildman–Crippen LogP) is 3.85. The molecule has 3 amide bonds. The monoisotopic (exact) mass is 559 g/mol. The lowest BCUT2D eigenvalue weighted by Crippen LogP contribution is -2.44. The molecule has 1 aromatic heterocycles. The number of primary amides is 1. The van der Waals surface area contributed by atoms with E-state index in [0.717, 1.165) is 22.7 Å². The quantitative estimate of drug-likeness (QED) is 0.267. The number of hydrogen-bond acceptors (Lipinski definition) is 8. The Kier molecular flexibility index (Phi) is 8.65. The second-order valence-electron chi connectivity index (χ2n) is 8.82. The highest BCUT2D eigenvalue weighted by molar-refractivity contribution is 7.09. The molecule has 1 heterocycles. The Morgan fingerprint density at radius 2 is 1.65 bits per heavy atom. The summed E-state index contributed by atoms with van der Waals surface area (Å²) in [6, 6.07) is 20.4. The molecule has 5 N–H and O–H groups in total. The number of rotatable bonds is 10. The summed E-state index contributed by atoms with van der Waals surface area (Å²) < 4.78 is 14.9. The van der Waals surface area contributed by atoms with E-state index in [2.05, 4.69) is 9.69 Å². The summed E-state index contributed by atoms with van der Waals surface area (Å²) in [6.45, 7) is 2.06. The molecule has 0 bridgehead atoms. The Balaban J connectivity index is 1.89. The molecule has 0 saturated carbocycles. The number of benzene rings is 3. The van der Waals surface area contributed by atoms with E-state index in [-0.39, 0.29) is 22.8 Å². The fourth-order valence-electron chi connectivity index (χ4n) is 4.26. The van der Waals surface area contributed by atoms with Crippen LogP contribution < -0.4 is 31.2 Å². The van der Waals surface area contributed by atoms with Crippen LogP contribution in [0.15, 0.2) is 72.8 Å². The second-order valence-corrected chi connectivity index (χ2v) is 9.59. The summed E-state index contributed by atoms with van der Waals surface area (Å²) in [4.78, 5) is 41.5. The molecule has 4 aromatic rings. The van der Waals surface area contributed by atoms with Crippen molar-refractivity contribution >= 4 is 40.6 Å². The molecular formula is C29H29N5O5S. The average Bonchev–Trinajstić information content (AvgIpc) is 3.36. The van der Waals surface area contributed by atoms with Crippen molar-refractivity contribution in [1.82, 2.24) is 9.69 Å². The molecule has 0 fully saturated rings. The number of aryl methyl sites for hydroxylation is 1. The number of hydrogen-bond donors (Lipinski definition) is 3. The number of nitrogens with one attached hydrogen (secondary N) is 1. The van der Waals surface area contributed by atoms with Gasteiger partial charge in [-0.2, -0.15) is 4.37 Å². The van der Waals surface area contributed by atoms with Gasteiger partial charge in [0, 0.05) is 12.2 Å². The molecule has 3 aromatic carbocycles. The summed E-state index contributed by atoms with van der Waals surface area (Å²) >= 11 is 0.746. The zero-order chi connectivity index (χ0) is 28.8. The van der Waals surface area contributed by atoms with E-state index in [0.29, 0.717) is 22.7 Å². The minimum absolute atomic E-state index is 0.0154. The van der Waals surface area contributed by atoms with Gasteiger partial charge in [-0.1, -0.05) is 54.6 Å². The van der Waals surface area contributed by atoms with E-state index in [4.69, 9.17) is 20.9 Å². The van der Waals surface area contributed by atoms with E-state index < -0.39 is 23.8 Å². The molecule has 0 aliphatic heterocycles. The normalized spacial score (nSPS) is 11.4. The van der Waals surface area contributed by atoms with Crippen molar-refractivity contribution in [1.29, 1.82) is 0 Å². The van der Waals surface area contributed by atoms with E-state index in [1.54, 1.807) is 30.3 Å². The van der Waals surface area contributed by atoms with Crippen LogP contribution in [-0.2, 0) is 11.3 Å². The van der Waals surface area contributed by atoms with E-state index in [1.165, 1.54) is 19.1 Å². The number of amides is 3. The van der Waals surface area contributed by atoms with Gasteiger partial charge in [-0.15, -0.1) is 0 Å². The van der Waals surface area contributed by atoms with Gasteiger partial charge < -0.3 is 26.3 Å². The van der Waals surface area contributed by atoms with Crippen LogP contribution in [0.2, 0.25) is 0 Å². The van der Waals surface area contributed by atoms with Crippen molar-refractivity contribution in [3.8, 4) is 11.5 Å². The highest BCUT2D eigenvalue weighted by Crippen LogP contribution is 2.37. The largest absolute Gasteiger partial charge is 0.493 e. The maximum atomic E-state index is 14.3. The van der Waals surface area contributed by atoms with Gasteiger partial charge in [0.05, 0.1) is 19.9 Å². The number of anilines is 2. The van der Waals surface area contributed by atoms with Gasteiger partial charge in [0.15, 0.2) is 17.2 Å². The maximum absolute atomic E-state index is 14.3. The number of carbonyl (C=O) groups excluding carboxylic acids is 3. The van der Waals surface area contributed by atoms with Gasteiger partial charge in [0.1, 0.15) is 10.9 Å². The maximum Gasteiger partial charge on any atom is 0.273 e. The molecular weight excluding hydrogens is 530 g/mol. The van der Waals surface area contributed by atoms with Crippen molar-refractivity contribution in [2.75, 3.05) is 24.9 Å². The SMILES string of the molecule is COc1ccc([C@@H](C(=O)NCc2ccccc2)N(C(=O)c2snc(C(N)=O)c2N)c2ccccc2C)cc1OC. The summed E-state index contributed by atoms with van der Waals surface area (Å²) in [6.07, 6.45) is 0. The Bertz CT molecular complexity index is 1540. The van der Waals surface area contributed by atoms with Gasteiger partial charge >= 0.3 is 0 Å². The van der Waals surface area contributed by atoms with Gasteiger partial charge in [0.25, 0.3) is 11.8 Å². The third-order valence-electron chi connectivity index (χ3n) is 6.29. The molecule has 0 unspecified atom stereocenters. The first-order chi connectivity index (χ1) is 19.3. The molecule has 0 aliphatic rings. The third kappa shape index (κ3) is 5.74. The van der Waals surface area contributed by atoms with Crippen LogP contribution in [-0.4, -0.2) is 36.3 Å². The molecule has 0 saturated heterocycles. The molecule has 0 aliphatic carbocycles. The first kappa shape index (κ1) is 28.1.